The predicted octanol–water partition coefficient (Wildman–Crippen LogP) is 5.98. The number of hydrogen-bond acceptors (Lipinski definition) is 5. The lowest BCUT2D eigenvalue weighted by atomic mass is 9.69. The van der Waals surface area contributed by atoms with E-state index in [2.05, 4.69) is 5.32 Å². The molecule has 5 aromatic rings. The van der Waals surface area contributed by atoms with Gasteiger partial charge in [0.15, 0.2) is 0 Å². The summed E-state index contributed by atoms with van der Waals surface area (Å²) < 4.78 is 0. The van der Waals surface area contributed by atoms with E-state index < -0.39 is 5.41 Å². The van der Waals surface area contributed by atoms with Crippen LogP contribution in [0.1, 0.15) is 38.9 Å². The zero-order valence-corrected chi connectivity index (χ0v) is 21.5. The van der Waals surface area contributed by atoms with E-state index in [1.165, 1.54) is 0 Å². The van der Waals surface area contributed by atoms with Crippen molar-refractivity contribution in [3.8, 4) is 23.0 Å². The van der Waals surface area contributed by atoms with Gasteiger partial charge >= 0.3 is 0 Å². The van der Waals surface area contributed by atoms with Gasteiger partial charge in [-0.3, -0.25) is 4.79 Å². The van der Waals surface area contributed by atoms with Gasteiger partial charge in [-0.25, -0.2) is 0 Å². The van der Waals surface area contributed by atoms with Gasteiger partial charge in [-0.1, -0.05) is 78.9 Å². The largest absolute Gasteiger partial charge is 0.508 e. The molecular formula is C34H27NO5. The molecule has 1 aliphatic rings. The monoisotopic (exact) mass is 529 g/mol. The first kappa shape index (κ1) is 25.1. The number of aromatic hydroxyl groups is 4. The Morgan fingerprint density at radius 1 is 0.525 bits per heavy atom. The second kappa shape index (κ2) is 9.82. The van der Waals surface area contributed by atoms with E-state index in [1.54, 1.807) is 72.8 Å². The zero-order valence-electron chi connectivity index (χ0n) is 21.5. The third kappa shape index (κ3) is 4.10. The highest BCUT2D eigenvalue weighted by Gasteiger charge is 2.50. The normalized spacial score (nSPS) is 13.6. The third-order valence-electron chi connectivity index (χ3n) is 7.69. The van der Waals surface area contributed by atoms with Crippen molar-refractivity contribution in [3.63, 3.8) is 0 Å². The number of phenols is 4. The van der Waals surface area contributed by atoms with Crippen LogP contribution in [0.25, 0.3) is 0 Å². The molecule has 0 radical (unpaired) electrons. The van der Waals surface area contributed by atoms with E-state index >= 15 is 0 Å². The highest BCUT2D eigenvalue weighted by Crippen LogP contribution is 2.49. The zero-order chi connectivity index (χ0) is 27.9. The fourth-order valence-corrected chi connectivity index (χ4v) is 5.65. The summed E-state index contributed by atoms with van der Waals surface area (Å²) >= 11 is 0. The van der Waals surface area contributed by atoms with Crippen molar-refractivity contribution in [2.75, 3.05) is 5.32 Å². The van der Waals surface area contributed by atoms with E-state index in [9.17, 15) is 25.2 Å². The molecule has 40 heavy (non-hydrogen) atoms. The van der Waals surface area contributed by atoms with Crippen molar-refractivity contribution in [2.24, 2.45) is 0 Å². The molecule has 1 heterocycles. The number of rotatable bonds is 6. The maximum Gasteiger partial charge on any atom is 0.244 e. The molecule has 6 heteroatoms. The number of carbonyl (C=O) groups is 1. The van der Waals surface area contributed by atoms with Crippen LogP contribution in [0.4, 0.5) is 5.69 Å². The van der Waals surface area contributed by atoms with Crippen LogP contribution >= 0.6 is 0 Å². The van der Waals surface area contributed by atoms with Gasteiger partial charge in [0, 0.05) is 24.1 Å². The fraction of sp³-hybridized carbons (Fsp3) is 0.0882. The SMILES string of the molecule is O=C1Nc2ccccc2C1(c1ccc(O)c(Cc2ccccc2O)c1)c1ccc(O)c(Cc2ccccc2O)c1. The quantitative estimate of drug-likeness (QED) is 0.186. The second-order valence-electron chi connectivity index (χ2n) is 10.0. The van der Waals surface area contributed by atoms with E-state index in [4.69, 9.17) is 0 Å². The molecule has 0 fully saturated rings. The smallest absolute Gasteiger partial charge is 0.244 e. The lowest BCUT2D eigenvalue weighted by molar-refractivity contribution is -0.118. The number of amides is 1. The van der Waals surface area contributed by atoms with Crippen LogP contribution in [0.3, 0.4) is 0 Å². The van der Waals surface area contributed by atoms with Crippen LogP contribution in [-0.2, 0) is 23.1 Å². The predicted molar refractivity (Wildman–Crippen MR) is 153 cm³/mol. The van der Waals surface area contributed by atoms with Crippen molar-refractivity contribution >= 4 is 11.6 Å². The Morgan fingerprint density at radius 3 is 1.50 bits per heavy atom. The number of carbonyl (C=O) groups excluding carboxylic acids is 1. The minimum Gasteiger partial charge on any atom is -0.508 e. The molecule has 0 bridgehead atoms. The molecule has 0 saturated carbocycles. The van der Waals surface area contributed by atoms with Crippen molar-refractivity contribution in [1.29, 1.82) is 0 Å². The van der Waals surface area contributed by atoms with Crippen molar-refractivity contribution < 1.29 is 25.2 Å². The van der Waals surface area contributed by atoms with Gasteiger partial charge in [-0.05, 0) is 63.7 Å². The molecule has 0 aromatic heterocycles. The summed E-state index contributed by atoms with van der Waals surface area (Å²) in [4.78, 5) is 14.1. The standard InChI is InChI=1S/C34H27NO5/c36-29-11-5-1-7-21(29)17-23-19-25(13-15-31(23)38)34(27-9-3-4-10-28(27)35-33(34)40)26-14-16-32(39)24(20-26)18-22-8-2-6-12-30(22)37/h1-16,19-20,36-39H,17-18H2,(H,35,40). The Balaban J connectivity index is 1.54. The van der Waals surface area contributed by atoms with E-state index in [0.717, 1.165) is 5.56 Å². The van der Waals surface area contributed by atoms with Gasteiger partial charge in [0.1, 0.15) is 28.4 Å². The number of hydrogen-bond donors (Lipinski definition) is 5. The van der Waals surface area contributed by atoms with Gasteiger partial charge < -0.3 is 25.7 Å². The van der Waals surface area contributed by atoms with Crippen LogP contribution in [-0.4, -0.2) is 26.3 Å². The first-order valence-electron chi connectivity index (χ1n) is 13.0. The summed E-state index contributed by atoms with van der Waals surface area (Å²) in [5, 5.41) is 45.3. The van der Waals surface area contributed by atoms with Crippen LogP contribution < -0.4 is 5.32 Å². The molecule has 5 N–H and O–H groups in total. The highest BCUT2D eigenvalue weighted by atomic mass is 16.3. The summed E-state index contributed by atoms with van der Waals surface area (Å²) in [5.41, 5.74) is 3.84. The maximum atomic E-state index is 14.1. The Hall–Kier alpha value is -5.23. The van der Waals surface area contributed by atoms with Crippen LogP contribution in [0, 0.1) is 0 Å². The van der Waals surface area contributed by atoms with Gasteiger partial charge in [-0.15, -0.1) is 0 Å². The summed E-state index contributed by atoms with van der Waals surface area (Å²) in [6, 6.07) is 31.6. The lowest BCUT2D eigenvalue weighted by Gasteiger charge is -2.30. The molecule has 6 nitrogen and oxygen atoms in total. The molecule has 0 saturated heterocycles. The Morgan fingerprint density at radius 2 is 0.975 bits per heavy atom. The number of benzene rings is 5. The number of anilines is 1. The summed E-state index contributed by atoms with van der Waals surface area (Å²) in [6.45, 7) is 0. The molecule has 0 unspecified atom stereocenters. The molecule has 0 atom stereocenters. The molecule has 0 aliphatic carbocycles. The van der Waals surface area contributed by atoms with Gasteiger partial charge in [0.25, 0.3) is 0 Å². The van der Waals surface area contributed by atoms with Crippen LogP contribution in [0.2, 0.25) is 0 Å². The third-order valence-corrected chi connectivity index (χ3v) is 7.69. The summed E-state index contributed by atoms with van der Waals surface area (Å²) in [5.74, 6) is 0.100. The number of fused-ring (bicyclic) bond motifs is 1. The molecule has 1 amide bonds. The van der Waals surface area contributed by atoms with E-state index in [-0.39, 0.29) is 41.7 Å². The molecule has 0 spiro atoms. The maximum absolute atomic E-state index is 14.1. The first-order chi connectivity index (χ1) is 19.4. The number of nitrogens with one attached hydrogen (secondary N) is 1. The number of phenolic OH excluding ortho intramolecular Hbond substituents is 4. The molecule has 6 rings (SSSR count). The van der Waals surface area contributed by atoms with E-state index in [1.807, 2.05) is 36.4 Å². The first-order valence-corrected chi connectivity index (χ1v) is 13.0. The van der Waals surface area contributed by atoms with Crippen molar-refractivity contribution in [2.45, 2.75) is 18.3 Å². The Kier molecular flexibility index (Phi) is 6.15. The molecule has 5 aromatic carbocycles. The van der Waals surface area contributed by atoms with Crippen LogP contribution in [0.5, 0.6) is 23.0 Å². The minimum absolute atomic E-state index is 0.0554. The van der Waals surface area contributed by atoms with Gasteiger partial charge in [0.05, 0.1) is 0 Å². The van der Waals surface area contributed by atoms with Crippen LogP contribution in [0.15, 0.2) is 109 Å². The van der Waals surface area contributed by atoms with Gasteiger partial charge in [0.2, 0.25) is 5.91 Å². The average molecular weight is 530 g/mol. The van der Waals surface area contributed by atoms with E-state index in [0.29, 0.717) is 39.1 Å². The summed E-state index contributed by atoms with van der Waals surface area (Å²) in [6.07, 6.45) is 0.527. The Bertz CT molecular complexity index is 1660. The second-order valence-corrected chi connectivity index (χ2v) is 10.0. The lowest BCUT2D eigenvalue weighted by Crippen LogP contribution is -2.37. The Labute approximate surface area is 231 Å². The van der Waals surface area contributed by atoms with Crippen molar-refractivity contribution in [1.82, 2.24) is 0 Å². The van der Waals surface area contributed by atoms with Crippen molar-refractivity contribution in [3.05, 3.63) is 148 Å². The minimum atomic E-state index is -1.28. The number of para-hydroxylation sites is 3. The average Bonchev–Trinajstić information content (AvgIpc) is 3.26. The molecule has 1 aliphatic heterocycles. The summed E-state index contributed by atoms with van der Waals surface area (Å²) in [7, 11) is 0. The highest BCUT2D eigenvalue weighted by molar-refractivity contribution is 6.11. The fourth-order valence-electron chi connectivity index (χ4n) is 5.65. The van der Waals surface area contributed by atoms with Gasteiger partial charge in [-0.2, -0.15) is 0 Å². The topological polar surface area (TPSA) is 110 Å². The molecular weight excluding hydrogens is 502 g/mol. The molecule has 198 valence electrons.